The summed E-state index contributed by atoms with van der Waals surface area (Å²) in [4.78, 5) is 0. The van der Waals surface area contributed by atoms with Crippen LogP contribution in [-0.4, -0.2) is 37.5 Å². The summed E-state index contributed by atoms with van der Waals surface area (Å²) in [5.74, 6) is 0. The second-order valence-corrected chi connectivity index (χ2v) is 3.23. The van der Waals surface area contributed by atoms with E-state index in [-0.39, 0.29) is 6.10 Å². The van der Waals surface area contributed by atoms with Crippen molar-refractivity contribution in [2.24, 2.45) is 0 Å². The quantitative estimate of drug-likeness (QED) is 0.535. The van der Waals surface area contributed by atoms with Crippen molar-refractivity contribution in [2.45, 2.75) is 39.2 Å². The lowest BCUT2D eigenvalue weighted by Gasteiger charge is -2.09. The molecule has 0 aliphatic rings. The molecule has 2 N–H and O–H groups in total. The van der Waals surface area contributed by atoms with Crippen molar-refractivity contribution in [1.29, 1.82) is 0 Å². The molecule has 0 bridgehead atoms. The van der Waals surface area contributed by atoms with E-state index in [0.717, 1.165) is 32.6 Å². The van der Waals surface area contributed by atoms with E-state index >= 15 is 0 Å². The van der Waals surface area contributed by atoms with Gasteiger partial charge in [-0.25, -0.2) is 0 Å². The van der Waals surface area contributed by atoms with Crippen LogP contribution in [0.15, 0.2) is 0 Å². The monoisotopic (exact) mass is 189 g/mol. The molecule has 0 fully saturated rings. The van der Waals surface area contributed by atoms with Gasteiger partial charge in [0.1, 0.15) is 0 Å². The van der Waals surface area contributed by atoms with Gasteiger partial charge in [0.25, 0.3) is 0 Å². The topological polar surface area (TPSA) is 41.5 Å². The Morgan fingerprint density at radius 1 is 1.31 bits per heavy atom. The number of aliphatic hydroxyl groups is 1. The van der Waals surface area contributed by atoms with E-state index in [0.29, 0.717) is 6.54 Å². The van der Waals surface area contributed by atoms with E-state index in [9.17, 15) is 5.11 Å². The van der Waals surface area contributed by atoms with Crippen molar-refractivity contribution in [3.05, 3.63) is 0 Å². The molecule has 0 rings (SSSR count). The van der Waals surface area contributed by atoms with Crippen LogP contribution < -0.4 is 5.32 Å². The molecular weight excluding hydrogens is 166 g/mol. The molecule has 0 saturated carbocycles. The first-order chi connectivity index (χ1) is 6.31. The highest BCUT2D eigenvalue weighted by Crippen LogP contribution is 1.88. The van der Waals surface area contributed by atoms with E-state index in [1.165, 1.54) is 6.42 Å². The first-order valence-electron chi connectivity index (χ1n) is 5.27. The van der Waals surface area contributed by atoms with Crippen LogP contribution >= 0.6 is 0 Å². The number of hydrogen-bond donors (Lipinski definition) is 2. The summed E-state index contributed by atoms with van der Waals surface area (Å²) in [5.41, 5.74) is 0. The standard InChI is InChI=1S/C10H23NO2/c1-3-5-7-13-8-6-11-9-10(12)4-2/h10-12H,3-9H2,1-2H3. The summed E-state index contributed by atoms with van der Waals surface area (Å²) in [7, 11) is 0. The minimum atomic E-state index is -0.212. The first kappa shape index (κ1) is 12.9. The van der Waals surface area contributed by atoms with Crippen molar-refractivity contribution in [3.8, 4) is 0 Å². The smallest absolute Gasteiger partial charge is 0.0662 e. The highest BCUT2D eigenvalue weighted by molar-refractivity contribution is 4.55. The molecule has 0 amide bonds. The van der Waals surface area contributed by atoms with E-state index < -0.39 is 0 Å². The molecule has 0 aromatic heterocycles. The van der Waals surface area contributed by atoms with Gasteiger partial charge in [-0.3, -0.25) is 0 Å². The van der Waals surface area contributed by atoms with Crippen LogP contribution in [-0.2, 0) is 4.74 Å². The largest absolute Gasteiger partial charge is 0.392 e. The number of ether oxygens (including phenoxy) is 1. The normalized spacial score (nSPS) is 13.2. The number of nitrogens with one attached hydrogen (secondary N) is 1. The zero-order valence-electron chi connectivity index (χ0n) is 8.88. The van der Waals surface area contributed by atoms with Crippen molar-refractivity contribution in [2.75, 3.05) is 26.3 Å². The molecule has 1 unspecified atom stereocenters. The molecule has 13 heavy (non-hydrogen) atoms. The Kier molecular flexibility index (Phi) is 9.87. The zero-order valence-corrected chi connectivity index (χ0v) is 8.88. The molecule has 0 spiro atoms. The second-order valence-electron chi connectivity index (χ2n) is 3.23. The lowest BCUT2D eigenvalue weighted by molar-refractivity contribution is 0.124. The average Bonchev–Trinajstić information content (AvgIpc) is 2.16. The fraction of sp³-hybridized carbons (Fsp3) is 1.00. The van der Waals surface area contributed by atoms with Gasteiger partial charge in [-0.15, -0.1) is 0 Å². The minimum absolute atomic E-state index is 0.212. The first-order valence-corrected chi connectivity index (χ1v) is 5.27. The van der Waals surface area contributed by atoms with E-state index in [1.54, 1.807) is 0 Å². The van der Waals surface area contributed by atoms with Gasteiger partial charge in [-0.1, -0.05) is 20.3 Å². The molecule has 0 heterocycles. The van der Waals surface area contributed by atoms with Crippen molar-refractivity contribution in [3.63, 3.8) is 0 Å². The van der Waals surface area contributed by atoms with Crippen LogP contribution in [0.1, 0.15) is 33.1 Å². The Hall–Kier alpha value is -0.120. The Balaban J connectivity index is 2.91. The van der Waals surface area contributed by atoms with Crippen molar-refractivity contribution < 1.29 is 9.84 Å². The Morgan fingerprint density at radius 2 is 2.08 bits per heavy atom. The summed E-state index contributed by atoms with van der Waals surface area (Å²) in [6.45, 7) is 7.24. The Morgan fingerprint density at radius 3 is 2.69 bits per heavy atom. The van der Waals surface area contributed by atoms with Crippen LogP contribution in [0.25, 0.3) is 0 Å². The number of hydrogen-bond acceptors (Lipinski definition) is 3. The molecule has 0 aliphatic carbocycles. The van der Waals surface area contributed by atoms with Crippen LogP contribution in [0.5, 0.6) is 0 Å². The molecule has 0 aliphatic heterocycles. The highest BCUT2D eigenvalue weighted by Gasteiger charge is 1.97. The molecule has 1 atom stereocenters. The molecular formula is C10H23NO2. The van der Waals surface area contributed by atoms with Gasteiger partial charge in [0, 0.05) is 19.7 Å². The van der Waals surface area contributed by atoms with Crippen LogP contribution in [0.4, 0.5) is 0 Å². The number of unbranched alkanes of at least 4 members (excludes halogenated alkanes) is 1. The maximum absolute atomic E-state index is 9.20. The fourth-order valence-corrected chi connectivity index (χ4v) is 0.906. The summed E-state index contributed by atoms with van der Waals surface area (Å²) in [5, 5.41) is 12.3. The predicted molar refractivity (Wildman–Crippen MR) is 54.9 cm³/mol. The Bertz CT molecular complexity index is 98.9. The van der Waals surface area contributed by atoms with Crippen molar-refractivity contribution in [1.82, 2.24) is 5.32 Å². The zero-order chi connectivity index (χ0) is 9.94. The molecule has 0 radical (unpaired) electrons. The molecule has 0 aromatic rings. The molecule has 0 aromatic carbocycles. The van der Waals surface area contributed by atoms with Gasteiger partial charge in [0.2, 0.25) is 0 Å². The maximum atomic E-state index is 9.20. The third-order valence-corrected chi connectivity index (χ3v) is 1.92. The molecule has 3 nitrogen and oxygen atoms in total. The van der Waals surface area contributed by atoms with Gasteiger partial charge in [0.15, 0.2) is 0 Å². The number of aliphatic hydroxyl groups excluding tert-OH is 1. The lowest BCUT2D eigenvalue weighted by atomic mass is 10.3. The summed E-state index contributed by atoms with van der Waals surface area (Å²) in [6, 6.07) is 0. The summed E-state index contributed by atoms with van der Waals surface area (Å²) < 4.78 is 5.35. The predicted octanol–water partition coefficient (Wildman–Crippen LogP) is 1.16. The third-order valence-electron chi connectivity index (χ3n) is 1.92. The van der Waals surface area contributed by atoms with Crippen LogP contribution in [0, 0.1) is 0 Å². The average molecular weight is 189 g/mol. The highest BCUT2D eigenvalue weighted by atomic mass is 16.5. The number of rotatable bonds is 9. The van der Waals surface area contributed by atoms with Gasteiger partial charge in [0.05, 0.1) is 12.7 Å². The van der Waals surface area contributed by atoms with Crippen molar-refractivity contribution >= 4 is 0 Å². The fourth-order valence-electron chi connectivity index (χ4n) is 0.906. The summed E-state index contributed by atoms with van der Waals surface area (Å²) >= 11 is 0. The SMILES string of the molecule is CCCCOCCNCC(O)CC. The minimum Gasteiger partial charge on any atom is -0.392 e. The summed E-state index contributed by atoms with van der Waals surface area (Å²) in [6.07, 6.45) is 2.92. The van der Waals surface area contributed by atoms with E-state index in [2.05, 4.69) is 12.2 Å². The van der Waals surface area contributed by atoms with Gasteiger partial charge >= 0.3 is 0 Å². The van der Waals surface area contributed by atoms with E-state index in [4.69, 9.17) is 4.74 Å². The van der Waals surface area contributed by atoms with Crippen LogP contribution in [0.2, 0.25) is 0 Å². The molecule has 3 heteroatoms. The van der Waals surface area contributed by atoms with Gasteiger partial charge in [-0.05, 0) is 12.8 Å². The van der Waals surface area contributed by atoms with Gasteiger partial charge < -0.3 is 15.2 Å². The maximum Gasteiger partial charge on any atom is 0.0662 e. The third kappa shape index (κ3) is 9.80. The molecule has 80 valence electrons. The Labute approximate surface area is 81.5 Å². The van der Waals surface area contributed by atoms with E-state index in [1.807, 2.05) is 6.92 Å². The second kappa shape index (κ2) is 9.96. The lowest BCUT2D eigenvalue weighted by Crippen LogP contribution is -2.29. The molecule has 0 saturated heterocycles. The van der Waals surface area contributed by atoms with Crippen LogP contribution in [0.3, 0.4) is 0 Å². The van der Waals surface area contributed by atoms with Gasteiger partial charge in [-0.2, -0.15) is 0 Å².